The van der Waals surface area contributed by atoms with Crippen molar-refractivity contribution in [3.05, 3.63) is 34.5 Å². The van der Waals surface area contributed by atoms with Crippen LogP contribution in [0.4, 0.5) is 0 Å². The highest BCUT2D eigenvalue weighted by Crippen LogP contribution is 2.40. The van der Waals surface area contributed by atoms with Crippen LogP contribution in [0.3, 0.4) is 0 Å². The number of phenolic OH excluding ortho intramolecular Hbond substituents is 1. The second kappa shape index (κ2) is 5.60. The summed E-state index contributed by atoms with van der Waals surface area (Å²) in [6.45, 7) is 12.9. The summed E-state index contributed by atoms with van der Waals surface area (Å²) in [5, 5.41) is 14.1. The molecule has 0 spiro atoms. The molecule has 2 rings (SSSR count). The second-order valence-corrected chi connectivity index (χ2v) is 8.79. The van der Waals surface area contributed by atoms with Gasteiger partial charge in [-0.25, -0.2) is 0 Å². The lowest BCUT2D eigenvalue weighted by atomic mass is 9.78. The molecule has 0 radical (unpaired) electrons. The van der Waals surface area contributed by atoms with Gasteiger partial charge in [0.05, 0.1) is 5.88 Å². The van der Waals surface area contributed by atoms with E-state index in [1.165, 1.54) is 11.3 Å². The molecule has 0 amide bonds. The van der Waals surface area contributed by atoms with Gasteiger partial charge in [0, 0.05) is 22.6 Å². The molecule has 0 saturated carbocycles. The van der Waals surface area contributed by atoms with Crippen molar-refractivity contribution in [1.82, 2.24) is 5.32 Å². The van der Waals surface area contributed by atoms with Gasteiger partial charge in [-0.2, -0.15) is 0 Å². The number of benzene rings is 1. The van der Waals surface area contributed by atoms with Gasteiger partial charge in [-0.3, -0.25) is 0 Å². The molecule has 1 fully saturated rings. The minimum atomic E-state index is -0.0730. The van der Waals surface area contributed by atoms with Crippen LogP contribution < -0.4 is 5.32 Å². The third kappa shape index (κ3) is 3.76. The lowest BCUT2D eigenvalue weighted by molar-refractivity contribution is 0.423. The second-order valence-electron chi connectivity index (χ2n) is 7.80. The number of rotatable bonds is 1. The molecule has 1 aromatic rings. The molecule has 3 heteroatoms. The zero-order chi connectivity index (χ0) is 15.8. The molecular weight excluding hydrogens is 278 g/mol. The van der Waals surface area contributed by atoms with Gasteiger partial charge in [0.2, 0.25) is 0 Å². The van der Waals surface area contributed by atoms with Crippen molar-refractivity contribution in [2.75, 3.05) is 11.6 Å². The molecule has 116 valence electrons. The lowest BCUT2D eigenvalue weighted by Crippen LogP contribution is -2.17. The highest BCUT2D eigenvalue weighted by atomic mass is 32.2. The SMILES string of the molecule is CC(C)(C)c1cc(/C=C2/CSCN2)cc(C(C)(C)C)c1O. The first-order valence-electron chi connectivity index (χ1n) is 7.49. The molecule has 1 aliphatic rings. The van der Waals surface area contributed by atoms with Gasteiger partial charge >= 0.3 is 0 Å². The fourth-order valence-corrected chi connectivity index (χ4v) is 3.33. The van der Waals surface area contributed by atoms with Crippen molar-refractivity contribution in [3.63, 3.8) is 0 Å². The Bertz CT molecular complexity index is 519. The van der Waals surface area contributed by atoms with Crippen LogP contribution in [0.5, 0.6) is 5.75 Å². The number of nitrogens with one attached hydrogen (secondary N) is 1. The van der Waals surface area contributed by atoms with Crippen molar-refractivity contribution in [2.45, 2.75) is 52.4 Å². The minimum Gasteiger partial charge on any atom is -0.507 e. The summed E-state index contributed by atoms with van der Waals surface area (Å²) in [7, 11) is 0. The van der Waals surface area contributed by atoms with E-state index in [0.717, 1.165) is 22.8 Å². The van der Waals surface area contributed by atoms with E-state index >= 15 is 0 Å². The first-order chi connectivity index (χ1) is 9.59. The van der Waals surface area contributed by atoms with Crippen LogP contribution in [0.15, 0.2) is 17.8 Å². The van der Waals surface area contributed by atoms with Crippen molar-refractivity contribution in [1.29, 1.82) is 0 Å². The molecular formula is C18H27NOS. The highest BCUT2D eigenvalue weighted by molar-refractivity contribution is 7.99. The number of phenols is 1. The maximum Gasteiger partial charge on any atom is 0.123 e. The molecule has 0 atom stereocenters. The van der Waals surface area contributed by atoms with Crippen LogP contribution in [0.25, 0.3) is 6.08 Å². The molecule has 1 saturated heterocycles. The molecule has 0 unspecified atom stereocenters. The van der Waals surface area contributed by atoms with Crippen LogP contribution in [-0.2, 0) is 10.8 Å². The molecule has 2 nitrogen and oxygen atoms in total. The molecule has 2 N–H and O–H groups in total. The Balaban J connectivity index is 2.59. The van der Waals surface area contributed by atoms with Crippen molar-refractivity contribution in [2.24, 2.45) is 0 Å². The maximum atomic E-state index is 10.7. The molecule has 1 aromatic carbocycles. The highest BCUT2D eigenvalue weighted by Gasteiger charge is 2.26. The molecule has 1 heterocycles. The summed E-state index contributed by atoms with van der Waals surface area (Å²) >= 11 is 1.90. The van der Waals surface area contributed by atoms with Crippen molar-refractivity contribution in [3.8, 4) is 5.75 Å². The van der Waals surface area contributed by atoms with Gasteiger partial charge in [-0.15, -0.1) is 11.8 Å². The quantitative estimate of drug-likeness (QED) is 0.794. The summed E-state index contributed by atoms with van der Waals surface area (Å²) in [6.07, 6.45) is 2.21. The van der Waals surface area contributed by atoms with E-state index in [0.29, 0.717) is 5.75 Å². The van der Waals surface area contributed by atoms with Crippen LogP contribution in [-0.4, -0.2) is 16.7 Å². The van der Waals surface area contributed by atoms with E-state index in [1.807, 2.05) is 11.8 Å². The molecule has 0 bridgehead atoms. The van der Waals surface area contributed by atoms with Gasteiger partial charge in [0.25, 0.3) is 0 Å². The van der Waals surface area contributed by atoms with Gasteiger partial charge in [-0.1, -0.05) is 41.5 Å². The molecule has 21 heavy (non-hydrogen) atoms. The summed E-state index contributed by atoms with van der Waals surface area (Å²) in [4.78, 5) is 0. The Morgan fingerprint density at radius 1 is 1.05 bits per heavy atom. The predicted molar refractivity (Wildman–Crippen MR) is 93.9 cm³/mol. The lowest BCUT2D eigenvalue weighted by Gasteiger charge is -2.28. The largest absolute Gasteiger partial charge is 0.507 e. The summed E-state index contributed by atoms with van der Waals surface area (Å²) in [5.41, 5.74) is 4.34. The maximum absolute atomic E-state index is 10.7. The van der Waals surface area contributed by atoms with Gasteiger partial charge in [-0.05, 0) is 34.6 Å². The zero-order valence-corrected chi connectivity index (χ0v) is 14.8. The van der Waals surface area contributed by atoms with Crippen LogP contribution in [0, 0.1) is 0 Å². The van der Waals surface area contributed by atoms with E-state index in [1.54, 1.807) is 0 Å². The topological polar surface area (TPSA) is 32.3 Å². The third-order valence-electron chi connectivity index (χ3n) is 3.75. The Morgan fingerprint density at radius 3 is 1.95 bits per heavy atom. The van der Waals surface area contributed by atoms with Gasteiger partial charge < -0.3 is 10.4 Å². The van der Waals surface area contributed by atoms with Crippen molar-refractivity contribution >= 4 is 17.8 Å². The predicted octanol–water partition coefficient (Wildman–Crippen LogP) is 4.62. The Hall–Kier alpha value is -1.09. The normalized spacial score (nSPS) is 18.1. The van der Waals surface area contributed by atoms with Crippen LogP contribution in [0.2, 0.25) is 0 Å². The van der Waals surface area contributed by atoms with Gasteiger partial charge in [0.1, 0.15) is 5.75 Å². The van der Waals surface area contributed by atoms with E-state index in [2.05, 4.69) is 65.1 Å². The average molecular weight is 305 g/mol. The summed E-state index contributed by atoms with van der Waals surface area (Å²) in [5.74, 6) is 2.48. The summed E-state index contributed by atoms with van der Waals surface area (Å²) in [6, 6.07) is 4.25. The number of hydrogen-bond acceptors (Lipinski definition) is 3. The number of hydrogen-bond donors (Lipinski definition) is 2. The molecule has 1 aliphatic heterocycles. The standard InChI is InChI=1S/C18H27NOS/c1-17(2,3)14-8-12(7-13-10-21-11-19-13)9-15(16(14)20)18(4,5)6/h7-9,19-20H,10-11H2,1-6H3/b13-7-. The van der Waals surface area contributed by atoms with Gasteiger partial charge in [0.15, 0.2) is 0 Å². The van der Waals surface area contributed by atoms with E-state index in [4.69, 9.17) is 0 Å². The molecule has 0 aromatic heterocycles. The fourth-order valence-electron chi connectivity index (χ4n) is 2.53. The van der Waals surface area contributed by atoms with Crippen molar-refractivity contribution < 1.29 is 5.11 Å². The monoisotopic (exact) mass is 305 g/mol. The fraction of sp³-hybridized carbons (Fsp3) is 0.556. The number of aromatic hydroxyl groups is 1. The first-order valence-corrected chi connectivity index (χ1v) is 8.64. The third-order valence-corrected chi connectivity index (χ3v) is 4.61. The Kier molecular flexibility index (Phi) is 4.34. The van der Waals surface area contributed by atoms with Crippen LogP contribution in [0.1, 0.15) is 58.2 Å². The van der Waals surface area contributed by atoms with Crippen LogP contribution >= 0.6 is 11.8 Å². The Morgan fingerprint density at radius 2 is 1.57 bits per heavy atom. The Labute approximate surface area is 133 Å². The molecule has 0 aliphatic carbocycles. The van der Waals surface area contributed by atoms with E-state index in [-0.39, 0.29) is 10.8 Å². The first kappa shape index (κ1) is 16.3. The zero-order valence-electron chi connectivity index (χ0n) is 14.0. The average Bonchev–Trinajstić information content (AvgIpc) is 2.81. The minimum absolute atomic E-state index is 0.0730. The van der Waals surface area contributed by atoms with E-state index in [9.17, 15) is 5.11 Å². The number of thioether (sulfide) groups is 1. The summed E-state index contributed by atoms with van der Waals surface area (Å²) < 4.78 is 0. The van der Waals surface area contributed by atoms with E-state index < -0.39 is 0 Å². The smallest absolute Gasteiger partial charge is 0.123 e.